The molecule has 66 valence electrons. The molecule has 3 nitrogen and oxygen atoms in total. The van der Waals surface area contributed by atoms with E-state index in [0.29, 0.717) is 11.8 Å². The van der Waals surface area contributed by atoms with E-state index in [-0.39, 0.29) is 12.0 Å². The van der Waals surface area contributed by atoms with Crippen molar-refractivity contribution in [3.63, 3.8) is 0 Å². The van der Waals surface area contributed by atoms with E-state index in [0.717, 1.165) is 12.8 Å². The van der Waals surface area contributed by atoms with E-state index >= 15 is 0 Å². The van der Waals surface area contributed by atoms with Gasteiger partial charge in [0, 0.05) is 6.92 Å². The largest absolute Gasteiger partial charge is 0.411 e. The average molecular weight is 167 g/mol. The maximum atomic E-state index is 11.2. The van der Waals surface area contributed by atoms with Gasteiger partial charge < -0.3 is 4.74 Å². The van der Waals surface area contributed by atoms with Crippen molar-refractivity contribution in [2.75, 3.05) is 0 Å². The number of esters is 1. The van der Waals surface area contributed by atoms with Crippen LogP contribution in [0.5, 0.6) is 0 Å². The first-order valence-corrected chi connectivity index (χ1v) is 4.53. The van der Waals surface area contributed by atoms with Gasteiger partial charge in [-0.3, -0.25) is 0 Å². The lowest BCUT2D eigenvalue weighted by molar-refractivity contribution is -0.136. The number of cyclic esters (lactones) is 1. The highest BCUT2D eigenvalue weighted by atomic mass is 16.6. The fourth-order valence-electron chi connectivity index (χ4n) is 2.05. The molecule has 1 fully saturated rings. The predicted octanol–water partition coefficient (Wildman–Crippen LogP) is 1.52. The molecule has 0 aromatic carbocycles. The minimum atomic E-state index is -0.174. The van der Waals surface area contributed by atoms with E-state index in [4.69, 9.17) is 4.74 Å². The number of ether oxygens (including phenoxy) is 1. The second kappa shape index (κ2) is 2.88. The van der Waals surface area contributed by atoms with Crippen molar-refractivity contribution in [3.8, 4) is 0 Å². The summed E-state index contributed by atoms with van der Waals surface area (Å²) in [6, 6.07) is -0.174. The van der Waals surface area contributed by atoms with Crippen molar-refractivity contribution in [3.05, 3.63) is 0 Å². The van der Waals surface area contributed by atoms with E-state index in [2.05, 4.69) is 4.99 Å². The number of carbonyl (C=O) groups is 1. The highest BCUT2D eigenvalue weighted by Gasteiger charge is 2.35. The van der Waals surface area contributed by atoms with Gasteiger partial charge >= 0.3 is 5.97 Å². The average Bonchev–Trinajstić information content (AvgIpc) is 2.58. The lowest BCUT2D eigenvalue weighted by Gasteiger charge is -2.10. The van der Waals surface area contributed by atoms with Crippen molar-refractivity contribution < 1.29 is 9.53 Å². The van der Waals surface area contributed by atoms with Gasteiger partial charge in [-0.25, -0.2) is 9.79 Å². The molecular weight excluding hydrogens is 154 g/mol. The van der Waals surface area contributed by atoms with E-state index in [9.17, 15) is 4.79 Å². The molecule has 1 heterocycles. The first-order valence-electron chi connectivity index (χ1n) is 4.53. The summed E-state index contributed by atoms with van der Waals surface area (Å²) in [4.78, 5) is 15.4. The van der Waals surface area contributed by atoms with Gasteiger partial charge in [0.05, 0.1) is 0 Å². The minimum Gasteiger partial charge on any atom is -0.411 e. The van der Waals surface area contributed by atoms with Crippen LogP contribution in [0.2, 0.25) is 0 Å². The second-order valence-electron chi connectivity index (χ2n) is 3.56. The number of rotatable bonds is 1. The monoisotopic (exact) mass is 167 g/mol. The summed E-state index contributed by atoms with van der Waals surface area (Å²) in [5, 5.41) is 0. The molecule has 1 saturated carbocycles. The lowest BCUT2D eigenvalue weighted by atomic mass is 9.99. The molecule has 0 N–H and O–H groups in total. The Morgan fingerprint density at radius 2 is 2.08 bits per heavy atom. The zero-order chi connectivity index (χ0) is 8.55. The van der Waals surface area contributed by atoms with Crippen molar-refractivity contribution in [2.45, 2.75) is 38.6 Å². The Morgan fingerprint density at radius 3 is 2.58 bits per heavy atom. The molecule has 12 heavy (non-hydrogen) atoms. The van der Waals surface area contributed by atoms with E-state index in [1.54, 1.807) is 6.92 Å². The molecule has 0 amide bonds. The molecule has 0 spiro atoms. The van der Waals surface area contributed by atoms with Crippen LogP contribution in [0.25, 0.3) is 0 Å². The maximum Gasteiger partial charge on any atom is 0.337 e. The zero-order valence-electron chi connectivity index (χ0n) is 7.25. The first-order chi connectivity index (χ1) is 5.77. The Hall–Kier alpha value is -0.860. The topological polar surface area (TPSA) is 38.7 Å². The van der Waals surface area contributed by atoms with Crippen LogP contribution in [-0.2, 0) is 9.53 Å². The molecule has 3 heteroatoms. The van der Waals surface area contributed by atoms with Crippen LogP contribution < -0.4 is 0 Å². The van der Waals surface area contributed by atoms with Gasteiger partial charge in [0.25, 0.3) is 0 Å². The summed E-state index contributed by atoms with van der Waals surface area (Å²) in [5.41, 5.74) is 0. The number of hydrogen-bond acceptors (Lipinski definition) is 3. The van der Waals surface area contributed by atoms with Crippen molar-refractivity contribution >= 4 is 11.9 Å². The van der Waals surface area contributed by atoms with Crippen molar-refractivity contribution in [2.24, 2.45) is 10.9 Å². The van der Waals surface area contributed by atoms with Gasteiger partial charge in [0.15, 0.2) is 11.9 Å². The summed E-state index contributed by atoms with van der Waals surface area (Å²) >= 11 is 0. The minimum absolute atomic E-state index is 0.139. The van der Waals surface area contributed by atoms with Gasteiger partial charge in [0.2, 0.25) is 0 Å². The summed E-state index contributed by atoms with van der Waals surface area (Å²) < 4.78 is 4.90. The van der Waals surface area contributed by atoms with E-state index < -0.39 is 0 Å². The van der Waals surface area contributed by atoms with Crippen molar-refractivity contribution in [1.82, 2.24) is 0 Å². The highest BCUT2D eigenvalue weighted by molar-refractivity contribution is 5.96. The van der Waals surface area contributed by atoms with E-state index in [1.165, 1.54) is 12.8 Å². The van der Waals surface area contributed by atoms with Gasteiger partial charge in [0.1, 0.15) is 0 Å². The first kappa shape index (κ1) is 7.77. The summed E-state index contributed by atoms with van der Waals surface area (Å²) in [6.07, 6.45) is 4.75. The smallest absolute Gasteiger partial charge is 0.337 e. The third kappa shape index (κ3) is 1.24. The molecule has 1 aliphatic heterocycles. The van der Waals surface area contributed by atoms with Crippen LogP contribution in [0.3, 0.4) is 0 Å². The Bertz CT molecular complexity index is 229. The molecule has 1 aliphatic carbocycles. The van der Waals surface area contributed by atoms with Gasteiger partial charge in [-0.2, -0.15) is 0 Å². The number of carbonyl (C=O) groups excluding carboxylic acids is 1. The summed E-state index contributed by atoms with van der Waals surface area (Å²) in [7, 11) is 0. The van der Waals surface area contributed by atoms with Crippen LogP contribution in [0.15, 0.2) is 4.99 Å². The predicted molar refractivity (Wildman–Crippen MR) is 44.9 cm³/mol. The second-order valence-corrected chi connectivity index (χ2v) is 3.56. The fraction of sp³-hybridized carbons (Fsp3) is 0.778. The van der Waals surface area contributed by atoms with E-state index in [1.807, 2.05) is 0 Å². The Balaban J connectivity index is 2.07. The van der Waals surface area contributed by atoms with Crippen LogP contribution in [0, 0.1) is 5.92 Å². The molecule has 0 bridgehead atoms. The molecule has 2 rings (SSSR count). The molecule has 0 saturated heterocycles. The Kier molecular flexibility index (Phi) is 1.87. The number of nitrogens with zero attached hydrogens (tertiary/aromatic N) is 1. The van der Waals surface area contributed by atoms with Crippen LogP contribution >= 0.6 is 0 Å². The normalized spacial score (nSPS) is 30.6. The maximum absolute atomic E-state index is 11.2. The van der Waals surface area contributed by atoms with Gasteiger partial charge in [-0.05, 0) is 18.8 Å². The highest BCUT2D eigenvalue weighted by Crippen LogP contribution is 2.31. The SMILES string of the molecule is CC1=NC(C2CCCC2)C(=O)O1. The lowest BCUT2D eigenvalue weighted by Crippen LogP contribution is -2.23. The quantitative estimate of drug-likeness (QED) is 0.555. The third-order valence-electron chi connectivity index (χ3n) is 2.66. The molecule has 1 unspecified atom stereocenters. The number of aliphatic imine (C=N–C) groups is 1. The molecule has 2 aliphatic rings. The fourth-order valence-corrected chi connectivity index (χ4v) is 2.05. The molecule has 0 radical (unpaired) electrons. The van der Waals surface area contributed by atoms with Crippen molar-refractivity contribution in [1.29, 1.82) is 0 Å². The van der Waals surface area contributed by atoms with Crippen LogP contribution in [-0.4, -0.2) is 17.9 Å². The van der Waals surface area contributed by atoms with Crippen LogP contribution in [0.1, 0.15) is 32.6 Å². The molecule has 0 aromatic rings. The van der Waals surface area contributed by atoms with Gasteiger partial charge in [-0.15, -0.1) is 0 Å². The molecule has 1 atom stereocenters. The zero-order valence-corrected chi connectivity index (χ0v) is 7.25. The molecular formula is C9H13NO2. The Labute approximate surface area is 71.8 Å². The van der Waals surface area contributed by atoms with Gasteiger partial charge in [-0.1, -0.05) is 12.8 Å². The Morgan fingerprint density at radius 1 is 1.42 bits per heavy atom. The standard InChI is InChI=1S/C9H13NO2/c1-6-10-8(9(11)12-6)7-4-2-3-5-7/h7-8H,2-5H2,1H3. The summed E-state index contributed by atoms with van der Waals surface area (Å²) in [5.74, 6) is 0.853. The molecule has 0 aromatic heterocycles. The summed E-state index contributed by atoms with van der Waals surface area (Å²) in [6.45, 7) is 1.74. The third-order valence-corrected chi connectivity index (χ3v) is 2.66. The van der Waals surface area contributed by atoms with Crippen LogP contribution in [0.4, 0.5) is 0 Å². The number of hydrogen-bond donors (Lipinski definition) is 0.